The summed E-state index contributed by atoms with van der Waals surface area (Å²) in [5, 5.41) is 41.8. The highest BCUT2D eigenvalue weighted by Crippen LogP contribution is 2.55. The fraction of sp³-hybridized carbons (Fsp3) is 0.333. The lowest BCUT2D eigenvalue weighted by atomic mass is 9.67. The molecule has 0 heterocycles. The Bertz CT molecular complexity index is 2310. The van der Waals surface area contributed by atoms with Crippen molar-refractivity contribution in [1.29, 1.82) is 0 Å². The van der Waals surface area contributed by atoms with Crippen LogP contribution in [0.2, 0.25) is 0 Å². The van der Waals surface area contributed by atoms with Crippen LogP contribution < -0.4 is 0 Å². The molecule has 5 aromatic rings. The number of sulfone groups is 2. The van der Waals surface area contributed by atoms with E-state index < -0.39 is 91.0 Å². The summed E-state index contributed by atoms with van der Waals surface area (Å²) < 4.78 is 68.7. The van der Waals surface area contributed by atoms with E-state index in [1.165, 1.54) is 48.5 Å². The molecule has 0 saturated carbocycles. The first-order valence-corrected chi connectivity index (χ1v) is 29.2. The molecular formula is C48H59BO13S4. The lowest BCUT2D eigenvalue weighted by molar-refractivity contribution is 0.101. The standard InChI is InChI=1S/C48H59BO13S4/c1-63(56,57)44-23-19-39(20-24-44)46(54)37-65(33-28-50,34-29-51)61-49(62-66(35-30-52,36-31-53)38-47(55)40-21-25-45(26-22-40)64(2,58)59)60-32-12-27-48(41-13-6-3-7-14-41,42-15-8-4-9-16-42)43-17-10-5-11-18-43/h3-11,13-26,50-53H,12,27-38H2,1-2H3. The fourth-order valence-corrected chi connectivity index (χ4v) is 14.2. The molecular weight excluding hydrogens is 924 g/mol. The number of ketones is 2. The van der Waals surface area contributed by atoms with E-state index in [0.717, 1.165) is 29.2 Å². The predicted octanol–water partition coefficient (Wildman–Crippen LogP) is 5.82. The van der Waals surface area contributed by atoms with Crippen LogP contribution in [0.5, 0.6) is 0 Å². The van der Waals surface area contributed by atoms with Gasteiger partial charge in [0.1, 0.15) is 0 Å². The fourth-order valence-electron chi connectivity index (χ4n) is 7.86. The second-order valence-corrected chi connectivity index (χ2v) is 26.3. The van der Waals surface area contributed by atoms with Crippen LogP contribution >= 0.6 is 20.6 Å². The van der Waals surface area contributed by atoms with Crippen molar-refractivity contribution in [2.24, 2.45) is 0 Å². The molecule has 4 N–H and O–H groups in total. The normalized spacial score (nSPS) is 13.0. The zero-order valence-corrected chi connectivity index (χ0v) is 40.4. The minimum atomic E-state index is -3.55. The number of benzene rings is 5. The smallest absolute Gasteiger partial charge is 0.395 e. The van der Waals surface area contributed by atoms with Crippen molar-refractivity contribution >= 4 is 59.2 Å². The second-order valence-electron chi connectivity index (χ2n) is 15.8. The Morgan fingerprint density at radius 2 is 0.818 bits per heavy atom. The molecule has 0 aromatic heterocycles. The third kappa shape index (κ3) is 13.9. The maximum Gasteiger partial charge on any atom is 0.660 e. The largest absolute Gasteiger partial charge is 0.660 e. The first kappa shape index (κ1) is 52.8. The number of aliphatic hydroxyl groups is 4. The van der Waals surface area contributed by atoms with Gasteiger partial charge in [-0.2, -0.15) is 0 Å². The van der Waals surface area contributed by atoms with Crippen molar-refractivity contribution in [1.82, 2.24) is 0 Å². The van der Waals surface area contributed by atoms with Crippen molar-refractivity contribution in [2.75, 3.05) is 80.1 Å². The number of carbonyl (C=O) groups excluding carboxylic acids is 2. The lowest BCUT2D eigenvalue weighted by Gasteiger charge is -2.44. The van der Waals surface area contributed by atoms with E-state index in [1.807, 2.05) is 54.6 Å². The van der Waals surface area contributed by atoms with Gasteiger partial charge in [-0.3, -0.25) is 9.59 Å². The molecule has 0 fully saturated rings. The van der Waals surface area contributed by atoms with Gasteiger partial charge < -0.3 is 33.3 Å². The first-order valence-electron chi connectivity index (χ1n) is 21.3. The summed E-state index contributed by atoms with van der Waals surface area (Å²) in [7, 11) is -14.5. The Kier molecular flexibility index (Phi) is 19.4. The van der Waals surface area contributed by atoms with Crippen molar-refractivity contribution in [2.45, 2.75) is 28.0 Å². The Balaban J connectivity index is 1.54. The summed E-state index contributed by atoms with van der Waals surface area (Å²) >= 11 is 0. The van der Waals surface area contributed by atoms with Crippen molar-refractivity contribution in [3.63, 3.8) is 0 Å². The van der Waals surface area contributed by atoms with Gasteiger partial charge in [0, 0.05) is 58.7 Å². The van der Waals surface area contributed by atoms with Gasteiger partial charge in [-0.1, -0.05) is 115 Å². The molecule has 0 unspecified atom stereocenters. The van der Waals surface area contributed by atoms with E-state index in [0.29, 0.717) is 12.8 Å². The Hall–Kier alpha value is -4.18. The maximum absolute atomic E-state index is 14.0. The minimum absolute atomic E-state index is 0.00224. The molecule has 0 aliphatic heterocycles. The first-order chi connectivity index (χ1) is 31.5. The van der Waals surface area contributed by atoms with E-state index in [9.17, 15) is 46.9 Å². The van der Waals surface area contributed by atoms with Crippen molar-refractivity contribution < 1.29 is 59.7 Å². The van der Waals surface area contributed by atoms with Gasteiger partial charge in [-0.15, -0.1) is 20.6 Å². The third-order valence-electron chi connectivity index (χ3n) is 11.2. The molecule has 0 bridgehead atoms. The van der Waals surface area contributed by atoms with E-state index in [-0.39, 0.29) is 62.0 Å². The van der Waals surface area contributed by atoms with Gasteiger partial charge >= 0.3 is 7.32 Å². The number of Topliss-reactive ketones (excluding diaryl/α,β-unsaturated/α-hetero) is 2. The van der Waals surface area contributed by atoms with E-state index >= 15 is 0 Å². The van der Waals surface area contributed by atoms with Crippen LogP contribution in [-0.4, -0.2) is 136 Å². The van der Waals surface area contributed by atoms with Gasteiger partial charge in [-0.25, -0.2) is 16.8 Å². The monoisotopic (exact) mass is 982 g/mol. The molecule has 13 nitrogen and oxygen atoms in total. The van der Waals surface area contributed by atoms with Crippen LogP contribution in [0.25, 0.3) is 0 Å². The van der Waals surface area contributed by atoms with Gasteiger partial charge in [0.05, 0.1) is 47.7 Å². The zero-order valence-electron chi connectivity index (χ0n) is 37.1. The van der Waals surface area contributed by atoms with Crippen LogP contribution in [0.3, 0.4) is 0 Å². The zero-order chi connectivity index (χ0) is 47.9. The van der Waals surface area contributed by atoms with Crippen LogP contribution in [0.1, 0.15) is 50.2 Å². The quantitative estimate of drug-likeness (QED) is 0.0202. The highest BCUT2D eigenvalue weighted by molar-refractivity contribution is 8.32. The van der Waals surface area contributed by atoms with Crippen LogP contribution in [0.15, 0.2) is 149 Å². The average molecular weight is 983 g/mol. The summed E-state index contributed by atoms with van der Waals surface area (Å²) in [5.41, 5.74) is 2.83. The average Bonchev–Trinajstić information content (AvgIpc) is 3.30. The minimum Gasteiger partial charge on any atom is -0.395 e. The molecule has 0 spiro atoms. The molecule has 0 radical (unpaired) electrons. The van der Waals surface area contributed by atoms with Crippen LogP contribution in [0, 0.1) is 0 Å². The van der Waals surface area contributed by atoms with Gasteiger partial charge in [-0.05, 0) is 53.8 Å². The van der Waals surface area contributed by atoms with Gasteiger partial charge in [0.25, 0.3) is 0 Å². The number of hydrogen-bond acceptors (Lipinski definition) is 13. The molecule has 0 saturated heterocycles. The predicted molar refractivity (Wildman–Crippen MR) is 263 cm³/mol. The SMILES string of the molecule is CS(=O)(=O)c1ccc(C(=O)CS(CCO)(CCO)OB(OCCCC(c2ccccc2)(c2ccccc2)c2ccccc2)OS(CCO)(CCO)CC(=O)c2ccc(S(C)(=O)=O)cc2)cc1. The summed E-state index contributed by atoms with van der Waals surface area (Å²) in [6, 6.07) is 41.1. The number of carbonyl (C=O) groups is 2. The van der Waals surface area contributed by atoms with Crippen LogP contribution in [-0.2, 0) is 37.9 Å². The van der Waals surface area contributed by atoms with E-state index in [4.69, 9.17) is 12.9 Å². The molecule has 5 aromatic carbocycles. The molecule has 0 amide bonds. The molecule has 66 heavy (non-hydrogen) atoms. The highest BCUT2D eigenvalue weighted by Gasteiger charge is 2.42. The molecule has 356 valence electrons. The maximum atomic E-state index is 14.0. The summed E-state index contributed by atoms with van der Waals surface area (Å²) in [6.07, 6.45) is 3.04. The van der Waals surface area contributed by atoms with Crippen molar-refractivity contribution in [3.8, 4) is 0 Å². The van der Waals surface area contributed by atoms with Gasteiger partial charge in [0.2, 0.25) is 0 Å². The Labute approximate surface area is 392 Å². The number of rotatable bonds is 28. The lowest BCUT2D eigenvalue weighted by Crippen LogP contribution is -2.39. The molecule has 0 aliphatic rings. The van der Waals surface area contributed by atoms with Crippen LogP contribution in [0.4, 0.5) is 0 Å². The molecule has 0 atom stereocenters. The molecule has 18 heteroatoms. The summed E-state index contributed by atoms with van der Waals surface area (Å²) in [4.78, 5) is 28.1. The number of aliphatic hydroxyl groups excluding tert-OH is 4. The summed E-state index contributed by atoms with van der Waals surface area (Å²) in [5.74, 6) is -1.98. The van der Waals surface area contributed by atoms with E-state index in [2.05, 4.69) is 36.4 Å². The second kappa shape index (κ2) is 24.2. The topological polar surface area (TPSA) is 211 Å². The Morgan fingerprint density at radius 1 is 0.500 bits per heavy atom. The highest BCUT2D eigenvalue weighted by atomic mass is 32.3. The Morgan fingerprint density at radius 3 is 1.11 bits per heavy atom. The molecule has 0 aliphatic carbocycles. The molecule has 5 rings (SSSR count). The van der Waals surface area contributed by atoms with Crippen molar-refractivity contribution in [3.05, 3.63) is 167 Å². The van der Waals surface area contributed by atoms with E-state index in [1.54, 1.807) is 0 Å². The number of hydrogen-bond donors (Lipinski definition) is 4. The summed E-state index contributed by atoms with van der Waals surface area (Å²) in [6.45, 7) is -1.82. The third-order valence-corrected chi connectivity index (χ3v) is 19.8. The van der Waals surface area contributed by atoms with Gasteiger partial charge in [0.15, 0.2) is 31.2 Å².